The molecule has 0 aromatic heterocycles. The summed E-state index contributed by atoms with van der Waals surface area (Å²) >= 11 is 0. The molecule has 1 atom stereocenters. The van der Waals surface area contributed by atoms with Crippen LogP contribution in [0.3, 0.4) is 0 Å². The molecular weight excluding hydrogens is 462 g/mol. The van der Waals surface area contributed by atoms with Crippen LogP contribution in [0.4, 0.5) is 14.5 Å². The molecule has 1 heterocycles. The van der Waals surface area contributed by atoms with Crippen LogP contribution in [0, 0.1) is 18.6 Å². The van der Waals surface area contributed by atoms with E-state index in [-0.39, 0.29) is 53.6 Å². The zero-order valence-corrected chi connectivity index (χ0v) is 19.3. The van der Waals surface area contributed by atoms with Gasteiger partial charge in [-0.3, -0.25) is 9.10 Å². The average Bonchev–Trinajstić information content (AvgIpc) is 2.83. The van der Waals surface area contributed by atoms with Crippen LogP contribution in [0.2, 0.25) is 0 Å². The van der Waals surface area contributed by atoms with E-state index in [9.17, 15) is 22.0 Å². The Morgan fingerprint density at radius 3 is 2.65 bits per heavy atom. The Labute approximate surface area is 197 Å². The number of nitrogens with two attached hydrogens (primary N) is 1. The highest BCUT2D eigenvalue weighted by atomic mass is 32.2. The largest absolute Gasteiger partial charge is 0.486 e. The molecule has 0 fully saturated rings. The first kappa shape index (κ1) is 23.8. The molecule has 0 unspecified atom stereocenters. The number of sulfonamides is 1. The fraction of sp³-hybridized carbons (Fsp3) is 0.240. The van der Waals surface area contributed by atoms with Gasteiger partial charge in [0.25, 0.3) is 10.0 Å². The number of ketones is 1. The number of nitrogens with zero attached hydrogens (tertiary/aromatic N) is 1. The van der Waals surface area contributed by atoms with Crippen molar-refractivity contribution in [3.63, 3.8) is 0 Å². The van der Waals surface area contributed by atoms with Crippen LogP contribution in [-0.4, -0.2) is 33.4 Å². The maximum atomic E-state index is 14.4. The summed E-state index contributed by atoms with van der Waals surface area (Å²) in [7, 11) is -4.02. The van der Waals surface area contributed by atoms with Gasteiger partial charge in [-0.05, 0) is 66.9 Å². The van der Waals surface area contributed by atoms with Crippen molar-refractivity contribution in [2.45, 2.75) is 30.8 Å². The van der Waals surface area contributed by atoms with Gasteiger partial charge in [-0.2, -0.15) is 0 Å². The SMILES string of the molecule is Cc1cccc(S(=O)(=O)N2C[C@H](CCC(=O)CN)Oc3ccc(-c4cc(F)ccc4F)cc32)c1. The van der Waals surface area contributed by atoms with Gasteiger partial charge in [0.15, 0.2) is 0 Å². The quantitative estimate of drug-likeness (QED) is 0.541. The van der Waals surface area contributed by atoms with E-state index in [4.69, 9.17) is 10.5 Å². The number of hydrogen-bond acceptors (Lipinski definition) is 5. The third kappa shape index (κ3) is 4.80. The fourth-order valence-corrected chi connectivity index (χ4v) is 5.51. The van der Waals surface area contributed by atoms with E-state index < -0.39 is 27.8 Å². The summed E-state index contributed by atoms with van der Waals surface area (Å²) < 4.78 is 62.7. The van der Waals surface area contributed by atoms with Gasteiger partial charge < -0.3 is 10.5 Å². The first-order valence-electron chi connectivity index (χ1n) is 10.8. The molecule has 2 N–H and O–H groups in total. The van der Waals surface area contributed by atoms with Crippen molar-refractivity contribution >= 4 is 21.5 Å². The minimum atomic E-state index is -4.02. The maximum absolute atomic E-state index is 14.4. The number of aryl methyl sites for hydroxylation is 1. The average molecular weight is 487 g/mol. The molecule has 1 aliphatic rings. The van der Waals surface area contributed by atoms with Crippen molar-refractivity contribution < 1.29 is 26.7 Å². The Morgan fingerprint density at radius 1 is 1.12 bits per heavy atom. The number of fused-ring (bicyclic) bond motifs is 1. The van der Waals surface area contributed by atoms with Crippen LogP contribution in [-0.2, 0) is 14.8 Å². The number of halogens is 2. The molecule has 0 spiro atoms. The van der Waals surface area contributed by atoms with Crippen molar-refractivity contribution in [1.29, 1.82) is 0 Å². The Balaban J connectivity index is 1.80. The van der Waals surface area contributed by atoms with Crippen molar-refractivity contribution in [2.24, 2.45) is 5.73 Å². The van der Waals surface area contributed by atoms with E-state index in [1.807, 2.05) is 0 Å². The van der Waals surface area contributed by atoms with E-state index in [0.717, 1.165) is 23.8 Å². The number of hydrogen-bond donors (Lipinski definition) is 1. The minimum Gasteiger partial charge on any atom is -0.486 e. The molecule has 34 heavy (non-hydrogen) atoms. The Hall–Kier alpha value is -3.30. The molecule has 0 radical (unpaired) electrons. The van der Waals surface area contributed by atoms with E-state index in [0.29, 0.717) is 5.56 Å². The van der Waals surface area contributed by atoms with E-state index >= 15 is 0 Å². The van der Waals surface area contributed by atoms with Crippen molar-refractivity contribution in [2.75, 3.05) is 17.4 Å². The van der Waals surface area contributed by atoms with E-state index in [2.05, 4.69) is 0 Å². The van der Waals surface area contributed by atoms with Gasteiger partial charge in [-0.15, -0.1) is 0 Å². The summed E-state index contributed by atoms with van der Waals surface area (Å²) in [5.74, 6) is -1.13. The third-order valence-electron chi connectivity index (χ3n) is 5.68. The molecule has 178 valence electrons. The standard InChI is InChI=1S/C25H24F2N2O4S/c1-16-3-2-4-21(11-16)34(31,32)29-15-20(8-7-19(30)14-28)33-25-10-5-17(12-24(25)29)22-13-18(26)6-9-23(22)27/h2-6,9-13,20H,7-8,14-15,28H2,1H3/t20-/m0/s1. The Bertz CT molecular complexity index is 1340. The molecule has 6 nitrogen and oxygen atoms in total. The number of carbonyl (C=O) groups excluding carboxylic acids is 1. The summed E-state index contributed by atoms with van der Waals surface area (Å²) in [6.07, 6.45) is -0.142. The molecule has 3 aromatic rings. The van der Waals surface area contributed by atoms with Gasteiger partial charge in [0.05, 0.1) is 23.7 Å². The van der Waals surface area contributed by atoms with Crippen molar-refractivity contribution in [3.05, 3.63) is 77.9 Å². The monoisotopic (exact) mass is 486 g/mol. The second-order valence-electron chi connectivity index (χ2n) is 8.18. The van der Waals surface area contributed by atoms with Gasteiger partial charge in [0.2, 0.25) is 0 Å². The lowest BCUT2D eigenvalue weighted by Crippen LogP contribution is -2.43. The van der Waals surface area contributed by atoms with Crippen LogP contribution in [0.5, 0.6) is 5.75 Å². The van der Waals surface area contributed by atoms with Crippen LogP contribution in [0.15, 0.2) is 65.6 Å². The molecule has 0 saturated heterocycles. The number of anilines is 1. The molecule has 0 aliphatic carbocycles. The number of rotatable bonds is 7. The highest BCUT2D eigenvalue weighted by Gasteiger charge is 2.35. The zero-order chi connectivity index (χ0) is 24.5. The summed E-state index contributed by atoms with van der Waals surface area (Å²) in [5, 5.41) is 0. The number of ether oxygens (including phenoxy) is 1. The van der Waals surface area contributed by atoms with Gasteiger partial charge in [0, 0.05) is 12.0 Å². The molecule has 1 aliphatic heterocycles. The summed E-state index contributed by atoms with van der Waals surface area (Å²) in [4.78, 5) is 11.8. The predicted molar refractivity (Wildman–Crippen MR) is 125 cm³/mol. The topological polar surface area (TPSA) is 89.7 Å². The minimum absolute atomic E-state index is 0.00590. The van der Waals surface area contributed by atoms with Crippen LogP contribution in [0.1, 0.15) is 18.4 Å². The lowest BCUT2D eigenvalue weighted by Gasteiger charge is -2.36. The van der Waals surface area contributed by atoms with Crippen LogP contribution < -0.4 is 14.8 Å². The smallest absolute Gasteiger partial charge is 0.264 e. The van der Waals surface area contributed by atoms with Crippen molar-refractivity contribution in [3.8, 4) is 16.9 Å². The second-order valence-corrected chi connectivity index (χ2v) is 10.0. The van der Waals surface area contributed by atoms with Gasteiger partial charge >= 0.3 is 0 Å². The number of carbonyl (C=O) groups is 1. The molecule has 9 heteroatoms. The number of Topliss-reactive ketones (excluding diaryl/α,β-unsaturated/α-hetero) is 1. The molecule has 0 saturated carbocycles. The lowest BCUT2D eigenvalue weighted by molar-refractivity contribution is -0.118. The van der Waals surface area contributed by atoms with E-state index in [1.54, 1.807) is 31.2 Å². The van der Waals surface area contributed by atoms with Gasteiger partial charge in [-0.25, -0.2) is 17.2 Å². The summed E-state index contributed by atoms with van der Waals surface area (Å²) in [5.41, 5.74) is 6.69. The summed E-state index contributed by atoms with van der Waals surface area (Å²) in [6, 6.07) is 14.1. The Morgan fingerprint density at radius 2 is 1.91 bits per heavy atom. The van der Waals surface area contributed by atoms with Crippen LogP contribution in [0.25, 0.3) is 11.1 Å². The van der Waals surface area contributed by atoms with Gasteiger partial charge in [0.1, 0.15) is 29.3 Å². The molecule has 0 amide bonds. The number of benzene rings is 3. The molecular formula is C25H24F2N2O4S. The Kier molecular flexibility index (Phi) is 6.67. The third-order valence-corrected chi connectivity index (χ3v) is 7.46. The zero-order valence-electron chi connectivity index (χ0n) is 18.5. The first-order chi connectivity index (χ1) is 16.2. The second kappa shape index (κ2) is 9.52. The van der Waals surface area contributed by atoms with Gasteiger partial charge in [-0.1, -0.05) is 18.2 Å². The normalized spacial score (nSPS) is 15.5. The predicted octanol–water partition coefficient (Wildman–Crippen LogP) is 4.20. The summed E-state index contributed by atoms with van der Waals surface area (Å²) in [6.45, 7) is 1.64. The first-order valence-corrected chi connectivity index (χ1v) is 12.2. The highest BCUT2D eigenvalue weighted by molar-refractivity contribution is 7.92. The fourth-order valence-electron chi connectivity index (χ4n) is 3.90. The maximum Gasteiger partial charge on any atom is 0.264 e. The van der Waals surface area contributed by atoms with Crippen LogP contribution >= 0.6 is 0 Å². The lowest BCUT2D eigenvalue weighted by atomic mass is 10.0. The van der Waals surface area contributed by atoms with E-state index in [1.165, 1.54) is 22.5 Å². The molecule has 0 bridgehead atoms. The molecule has 4 rings (SSSR count). The molecule has 3 aromatic carbocycles. The van der Waals surface area contributed by atoms with Crippen molar-refractivity contribution in [1.82, 2.24) is 0 Å². The highest BCUT2D eigenvalue weighted by Crippen LogP contribution is 2.41.